The van der Waals surface area contributed by atoms with E-state index >= 15 is 0 Å². The van der Waals surface area contributed by atoms with Gasteiger partial charge in [0.05, 0.1) is 24.1 Å². The van der Waals surface area contributed by atoms with Crippen LogP contribution in [0.5, 0.6) is 5.75 Å². The van der Waals surface area contributed by atoms with Gasteiger partial charge in [-0.3, -0.25) is 19.3 Å². The first-order valence-electron chi connectivity index (χ1n) is 10.7. The number of nitrogens with zero attached hydrogens (tertiary/aromatic N) is 1. The summed E-state index contributed by atoms with van der Waals surface area (Å²) in [5, 5.41) is 26.1. The largest absolute Gasteiger partial charge is 0.508 e. The smallest absolute Gasteiger partial charge is 0.226 e. The van der Waals surface area contributed by atoms with Crippen LogP contribution >= 0.6 is 0 Å². The first-order valence-corrected chi connectivity index (χ1v) is 10.7. The number of aliphatic hydroxyl groups excluding tert-OH is 1. The van der Waals surface area contributed by atoms with E-state index in [1.807, 2.05) is 17.0 Å². The number of benzene rings is 1. The Morgan fingerprint density at radius 2 is 2.03 bits per heavy atom. The third kappa shape index (κ3) is 7.10. The number of rotatable bonds is 11. The summed E-state index contributed by atoms with van der Waals surface area (Å²) in [5.74, 6) is -1.74. The molecule has 1 unspecified atom stereocenters. The first kappa shape index (κ1) is 24.9. The molecule has 0 saturated carbocycles. The molecule has 1 aliphatic heterocycles. The summed E-state index contributed by atoms with van der Waals surface area (Å²) >= 11 is 0. The van der Waals surface area contributed by atoms with E-state index < -0.39 is 30.0 Å². The van der Waals surface area contributed by atoms with Crippen LogP contribution in [0.25, 0.3) is 0 Å². The second-order valence-corrected chi connectivity index (χ2v) is 8.09. The van der Waals surface area contributed by atoms with Crippen LogP contribution in [-0.4, -0.2) is 77.0 Å². The third-order valence-electron chi connectivity index (χ3n) is 5.69. The van der Waals surface area contributed by atoms with Crippen LogP contribution in [0, 0.1) is 5.92 Å². The van der Waals surface area contributed by atoms with Crippen LogP contribution in [0.15, 0.2) is 24.3 Å². The standard InChI is InChI=1S/C22H34N4O5/c1-14(27)17(22(31)25-18(7-8-23)15(2)28)11-21(30)19-12-24-9-10-26(19)13-16-5-3-4-6-20(16)29/h3-6,14,17-19,24,27,29H,7-13,23H2,1-2H3,(H,25,31)/t14-,17-,18-,19?/m0/s1. The average molecular weight is 435 g/mol. The fourth-order valence-electron chi connectivity index (χ4n) is 3.77. The van der Waals surface area contributed by atoms with E-state index in [2.05, 4.69) is 10.6 Å². The van der Waals surface area contributed by atoms with Crippen molar-refractivity contribution in [2.45, 2.75) is 51.4 Å². The third-order valence-corrected chi connectivity index (χ3v) is 5.69. The Bertz CT molecular complexity index is 770. The molecule has 1 aromatic rings. The van der Waals surface area contributed by atoms with Crippen molar-refractivity contribution in [1.82, 2.24) is 15.5 Å². The number of nitrogens with one attached hydrogen (secondary N) is 2. The van der Waals surface area contributed by atoms with Gasteiger partial charge in [0.15, 0.2) is 11.6 Å². The molecular formula is C22H34N4O5. The van der Waals surface area contributed by atoms with Gasteiger partial charge in [0.1, 0.15) is 5.75 Å². The summed E-state index contributed by atoms with van der Waals surface area (Å²) < 4.78 is 0. The number of piperazine rings is 1. The minimum absolute atomic E-state index is 0.152. The fraction of sp³-hybridized carbons (Fsp3) is 0.591. The van der Waals surface area contributed by atoms with Crippen molar-refractivity contribution in [3.8, 4) is 5.75 Å². The van der Waals surface area contributed by atoms with Gasteiger partial charge in [0.2, 0.25) is 5.91 Å². The van der Waals surface area contributed by atoms with Crippen LogP contribution in [0.1, 0.15) is 32.3 Å². The molecule has 31 heavy (non-hydrogen) atoms. The highest BCUT2D eigenvalue weighted by atomic mass is 16.3. The molecule has 0 spiro atoms. The van der Waals surface area contributed by atoms with Gasteiger partial charge in [-0.2, -0.15) is 0 Å². The van der Waals surface area contributed by atoms with Crippen molar-refractivity contribution < 1.29 is 24.6 Å². The molecule has 1 amide bonds. The van der Waals surface area contributed by atoms with Crippen LogP contribution in [-0.2, 0) is 20.9 Å². The molecule has 172 valence electrons. The fourth-order valence-corrected chi connectivity index (χ4v) is 3.77. The highest BCUT2D eigenvalue weighted by Crippen LogP contribution is 2.21. The number of para-hydroxylation sites is 1. The summed E-state index contributed by atoms with van der Waals surface area (Å²) in [6.45, 7) is 5.20. The monoisotopic (exact) mass is 434 g/mol. The quantitative estimate of drug-likeness (QED) is 0.315. The van der Waals surface area contributed by atoms with Gasteiger partial charge in [-0.1, -0.05) is 18.2 Å². The number of nitrogens with two attached hydrogens (primary N) is 1. The molecule has 0 aromatic heterocycles. The lowest BCUT2D eigenvalue weighted by atomic mass is 9.91. The van der Waals surface area contributed by atoms with Crippen molar-refractivity contribution >= 4 is 17.5 Å². The summed E-state index contributed by atoms with van der Waals surface area (Å²) in [7, 11) is 0. The van der Waals surface area contributed by atoms with E-state index in [1.165, 1.54) is 13.8 Å². The van der Waals surface area contributed by atoms with Gasteiger partial charge in [-0.25, -0.2) is 0 Å². The number of aromatic hydroxyl groups is 1. The van der Waals surface area contributed by atoms with Gasteiger partial charge in [0, 0.05) is 38.2 Å². The molecule has 6 N–H and O–H groups in total. The van der Waals surface area contributed by atoms with Crippen LogP contribution in [0.2, 0.25) is 0 Å². The van der Waals surface area contributed by atoms with E-state index in [1.54, 1.807) is 12.1 Å². The number of Topliss-reactive ketones (excluding diaryl/α,β-unsaturated/α-hetero) is 2. The Kier molecular flexibility index (Phi) is 9.57. The van der Waals surface area contributed by atoms with Gasteiger partial charge < -0.3 is 26.6 Å². The molecule has 1 aliphatic rings. The van der Waals surface area contributed by atoms with E-state index in [-0.39, 0.29) is 30.3 Å². The Morgan fingerprint density at radius 3 is 2.65 bits per heavy atom. The maximum atomic E-state index is 13.1. The molecule has 0 radical (unpaired) electrons. The predicted octanol–water partition coefficient (Wildman–Crippen LogP) is -0.455. The van der Waals surface area contributed by atoms with E-state index in [9.17, 15) is 24.6 Å². The van der Waals surface area contributed by atoms with Crippen LogP contribution < -0.4 is 16.4 Å². The number of hydrogen-bond acceptors (Lipinski definition) is 8. The van der Waals surface area contributed by atoms with Gasteiger partial charge in [0.25, 0.3) is 0 Å². The van der Waals surface area contributed by atoms with Crippen LogP contribution in [0.3, 0.4) is 0 Å². The molecule has 4 atom stereocenters. The van der Waals surface area contributed by atoms with E-state index in [0.717, 1.165) is 5.56 Å². The SMILES string of the molecule is CC(=O)[C@H](CCN)NC(=O)[C@@H](CC(=O)C1CNCCN1Cc1ccccc1O)[C@H](C)O. The number of aliphatic hydroxyl groups is 1. The number of phenols is 1. The molecule has 2 rings (SSSR count). The number of carbonyl (C=O) groups excluding carboxylic acids is 3. The topological polar surface area (TPSA) is 145 Å². The minimum atomic E-state index is -1.06. The molecule has 1 aromatic carbocycles. The zero-order valence-corrected chi connectivity index (χ0v) is 18.2. The van der Waals surface area contributed by atoms with Crippen molar-refractivity contribution in [2.24, 2.45) is 11.7 Å². The van der Waals surface area contributed by atoms with E-state index in [4.69, 9.17) is 5.73 Å². The summed E-state index contributed by atoms with van der Waals surface area (Å²) in [5.41, 5.74) is 6.23. The predicted molar refractivity (Wildman–Crippen MR) is 116 cm³/mol. The van der Waals surface area contributed by atoms with Crippen molar-refractivity contribution in [3.63, 3.8) is 0 Å². The van der Waals surface area contributed by atoms with Crippen molar-refractivity contribution in [1.29, 1.82) is 0 Å². The molecular weight excluding hydrogens is 400 g/mol. The van der Waals surface area contributed by atoms with Gasteiger partial charge in [-0.15, -0.1) is 0 Å². The number of hydrogen-bond donors (Lipinski definition) is 5. The average Bonchev–Trinajstić information content (AvgIpc) is 2.73. The molecule has 9 nitrogen and oxygen atoms in total. The molecule has 1 heterocycles. The number of carbonyl (C=O) groups is 3. The van der Waals surface area contributed by atoms with Gasteiger partial charge in [-0.05, 0) is 32.9 Å². The maximum Gasteiger partial charge on any atom is 0.226 e. The zero-order chi connectivity index (χ0) is 23.0. The Labute approximate surface area is 183 Å². The maximum absolute atomic E-state index is 13.1. The lowest BCUT2D eigenvalue weighted by molar-refractivity contribution is -0.137. The van der Waals surface area contributed by atoms with Crippen molar-refractivity contribution in [2.75, 3.05) is 26.2 Å². The first-order chi connectivity index (χ1) is 14.7. The van der Waals surface area contributed by atoms with E-state index in [0.29, 0.717) is 32.6 Å². The highest BCUT2D eigenvalue weighted by Gasteiger charge is 2.34. The lowest BCUT2D eigenvalue weighted by Crippen LogP contribution is -2.55. The minimum Gasteiger partial charge on any atom is -0.508 e. The molecule has 0 bridgehead atoms. The lowest BCUT2D eigenvalue weighted by Gasteiger charge is -2.36. The Balaban J connectivity index is 2.09. The van der Waals surface area contributed by atoms with Crippen LogP contribution in [0.4, 0.5) is 0 Å². The summed E-state index contributed by atoms with van der Waals surface area (Å²) in [6.07, 6.45) is -0.916. The van der Waals surface area contributed by atoms with Gasteiger partial charge >= 0.3 is 0 Å². The Morgan fingerprint density at radius 1 is 1.32 bits per heavy atom. The highest BCUT2D eigenvalue weighted by molar-refractivity contribution is 5.92. The zero-order valence-electron chi connectivity index (χ0n) is 18.2. The second kappa shape index (κ2) is 11.9. The molecule has 1 saturated heterocycles. The molecule has 1 fully saturated rings. The summed E-state index contributed by atoms with van der Waals surface area (Å²) in [6, 6.07) is 5.76. The summed E-state index contributed by atoms with van der Waals surface area (Å²) in [4.78, 5) is 39.6. The molecule has 9 heteroatoms. The number of phenolic OH excluding ortho intramolecular Hbond substituents is 1. The Hall–Kier alpha value is -2.33. The number of amides is 1. The molecule has 0 aliphatic carbocycles. The van der Waals surface area contributed by atoms with Crippen molar-refractivity contribution in [3.05, 3.63) is 29.8 Å². The number of ketones is 2. The second-order valence-electron chi connectivity index (χ2n) is 8.09. The normalized spacial score (nSPS) is 19.9.